The molecule has 0 spiro atoms. The summed E-state index contributed by atoms with van der Waals surface area (Å²) in [5, 5.41) is 0. The van der Waals surface area contributed by atoms with Gasteiger partial charge >= 0.3 is 0 Å². The van der Waals surface area contributed by atoms with Gasteiger partial charge in [0, 0.05) is 39.3 Å². The van der Waals surface area contributed by atoms with E-state index >= 15 is 0 Å². The molecular formula is C17H27N3O3S. The summed E-state index contributed by atoms with van der Waals surface area (Å²) in [6, 6.07) is 5.88. The number of nitrogens with zero attached hydrogens (tertiary/aromatic N) is 2. The van der Waals surface area contributed by atoms with Crippen molar-refractivity contribution in [2.45, 2.75) is 26.0 Å². The lowest BCUT2D eigenvalue weighted by Crippen LogP contribution is -2.45. The van der Waals surface area contributed by atoms with E-state index in [1.165, 1.54) is 11.8 Å². The van der Waals surface area contributed by atoms with Crippen molar-refractivity contribution in [3.8, 4) is 0 Å². The van der Waals surface area contributed by atoms with Crippen molar-refractivity contribution in [3.05, 3.63) is 29.3 Å². The average molecular weight is 353 g/mol. The van der Waals surface area contributed by atoms with Crippen molar-refractivity contribution < 1.29 is 13.2 Å². The van der Waals surface area contributed by atoms with Crippen LogP contribution in [0.2, 0.25) is 0 Å². The van der Waals surface area contributed by atoms with Crippen LogP contribution in [0.4, 0.5) is 5.69 Å². The minimum Gasteiger partial charge on any atom is -0.376 e. The van der Waals surface area contributed by atoms with Gasteiger partial charge in [-0.05, 0) is 30.5 Å². The van der Waals surface area contributed by atoms with E-state index in [0.29, 0.717) is 6.10 Å². The minimum atomic E-state index is -3.24. The molecule has 0 bridgehead atoms. The van der Waals surface area contributed by atoms with Crippen LogP contribution < -0.4 is 4.72 Å². The van der Waals surface area contributed by atoms with Crippen LogP contribution in [0.5, 0.6) is 0 Å². The Labute approximate surface area is 144 Å². The zero-order chi connectivity index (χ0) is 17.2. The van der Waals surface area contributed by atoms with Crippen LogP contribution in [0.3, 0.4) is 0 Å². The second-order valence-corrected chi connectivity index (χ2v) is 8.57. The Hall–Kier alpha value is -1.15. The van der Waals surface area contributed by atoms with Gasteiger partial charge in [-0.3, -0.25) is 14.5 Å². The Balaban J connectivity index is 1.59. The van der Waals surface area contributed by atoms with E-state index in [2.05, 4.69) is 27.5 Å². The maximum Gasteiger partial charge on any atom is 0.229 e. The standard InChI is InChI=1S/C17H27N3O3S/c1-14-12-20(10-11-23-14)9-8-19-7-6-16-15(13-19)4-3-5-17(16)18-24(2,21)22/h3-5,14,18H,6-13H2,1-2H3. The summed E-state index contributed by atoms with van der Waals surface area (Å²) in [4.78, 5) is 4.91. The van der Waals surface area contributed by atoms with E-state index in [9.17, 15) is 8.42 Å². The van der Waals surface area contributed by atoms with Gasteiger partial charge in [-0.15, -0.1) is 0 Å². The number of benzene rings is 1. The van der Waals surface area contributed by atoms with Crippen LogP contribution in [0.1, 0.15) is 18.1 Å². The van der Waals surface area contributed by atoms with Crippen LogP contribution in [0, 0.1) is 0 Å². The fourth-order valence-electron chi connectivity index (χ4n) is 3.53. The van der Waals surface area contributed by atoms with E-state index in [0.717, 1.165) is 63.5 Å². The first-order valence-corrected chi connectivity index (χ1v) is 10.4. The summed E-state index contributed by atoms with van der Waals surface area (Å²) >= 11 is 0. The maximum atomic E-state index is 11.5. The highest BCUT2D eigenvalue weighted by Crippen LogP contribution is 2.26. The molecule has 2 aliphatic rings. The molecule has 7 heteroatoms. The van der Waals surface area contributed by atoms with Gasteiger partial charge in [0.05, 0.1) is 24.7 Å². The zero-order valence-electron chi connectivity index (χ0n) is 14.5. The first-order valence-electron chi connectivity index (χ1n) is 8.55. The SMILES string of the molecule is CC1CN(CCN2CCc3c(cccc3NS(C)(=O)=O)C2)CCO1. The molecule has 0 aliphatic carbocycles. The predicted octanol–water partition coefficient (Wildman–Crippen LogP) is 1.14. The topological polar surface area (TPSA) is 61.9 Å². The highest BCUT2D eigenvalue weighted by atomic mass is 32.2. The summed E-state index contributed by atoms with van der Waals surface area (Å²) in [6.07, 6.45) is 2.41. The average Bonchev–Trinajstić information content (AvgIpc) is 2.52. The van der Waals surface area contributed by atoms with Crippen LogP contribution in [-0.4, -0.2) is 69.9 Å². The van der Waals surface area contributed by atoms with Crippen LogP contribution in [-0.2, 0) is 27.7 Å². The zero-order valence-corrected chi connectivity index (χ0v) is 15.3. The van der Waals surface area contributed by atoms with Crippen molar-refractivity contribution in [2.24, 2.45) is 0 Å². The smallest absolute Gasteiger partial charge is 0.229 e. The van der Waals surface area contributed by atoms with Gasteiger partial charge in [0.1, 0.15) is 0 Å². The number of nitrogens with one attached hydrogen (secondary N) is 1. The van der Waals surface area contributed by atoms with E-state index in [1.54, 1.807) is 0 Å². The molecule has 3 rings (SSSR count). The molecular weight excluding hydrogens is 326 g/mol. The molecule has 134 valence electrons. The Morgan fingerprint density at radius 1 is 1.25 bits per heavy atom. The molecule has 1 aromatic rings. The van der Waals surface area contributed by atoms with Crippen molar-refractivity contribution in [1.82, 2.24) is 9.80 Å². The Morgan fingerprint density at radius 2 is 2.04 bits per heavy atom. The summed E-state index contributed by atoms with van der Waals surface area (Å²) in [5.74, 6) is 0. The Morgan fingerprint density at radius 3 is 2.79 bits per heavy atom. The normalized spacial score (nSPS) is 23.0. The molecule has 1 unspecified atom stereocenters. The van der Waals surface area contributed by atoms with Crippen LogP contribution >= 0.6 is 0 Å². The fourth-order valence-corrected chi connectivity index (χ4v) is 4.12. The molecule has 0 amide bonds. The van der Waals surface area contributed by atoms with Gasteiger partial charge in [-0.2, -0.15) is 0 Å². The monoisotopic (exact) mass is 353 g/mol. The van der Waals surface area contributed by atoms with Crippen molar-refractivity contribution in [1.29, 1.82) is 0 Å². The highest BCUT2D eigenvalue weighted by molar-refractivity contribution is 7.92. The van der Waals surface area contributed by atoms with Crippen molar-refractivity contribution >= 4 is 15.7 Å². The van der Waals surface area contributed by atoms with E-state index < -0.39 is 10.0 Å². The lowest BCUT2D eigenvalue weighted by atomic mass is 9.98. The fraction of sp³-hybridized carbons (Fsp3) is 0.647. The Bertz CT molecular complexity index is 678. The van der Waals surface area contributed by atoms with Gasteiger partial charge in [0.15, 0.2) is 0 Å². The molecule has 6 nitrogen and oxygen atoms in total. The molecule has 1 N–H and O–H groups in total. The van der Waals surface area contributed by atoms with E-state index in [4.69, 9.17) is 4.74 Å². The predicted molar refractivity (Wildman–Crippen MR) is 95.7 cm³/mol. The third-order valence-corrected chi connectivity index (χ3v) is 5.29. The largest absolute Gasteiger partial charge is 0.376 e. The lowest BCUT2D eigenvalue weighted by molar-refractivity contribution is -0.0209. The van der Waals surface area contributed by atoms with Gasteiger partial charge in [-0.25, -0.2) is 8.42 Å². The number of fused-ring (bicyclic) bond motifs is 1. The van der Waals surface area contributed by atoms with Crippen LogP contribution in [0.25, 0.3) is 0 Å². The molecule has 1 fully saturated rings. The third-order valence-electron chi connectivity index (χ3n) is 4.70. The molecule has 0 radical (unpaired) electrons. The summed E-state index contributed by atoms with van der Waals surface area (Å²) in [5.41, 5.74) is 3.10. The van der Waals surface area contributed by atoms with Crippen LogP contribution in [0.15, 0.2) is 18.2 Å². The third kappa shape index (κ3) is 4.69. The van der Waals surface area contributed by atoms with Gasteiger partial charge in [-0.1, -0.05) is 12.1 Å². The van der Waals surface area contributed by atoms with Crippen molar-refractivity contribution in [2.75, 3.05) is 50.3 Å². The molecule has 24 heavy (non-hydrogen) atoms. The number of sulfonamides is 1. The molecule has 2 heterocycles. The van der Waals surface area contributed by atoms with Gasteiger partial charge in [0.2, 0.25) is 10.0 Å². The maximum absolute atomic E-state index is 11.5. The second-order valence-electron chi connectivity index (χ2n) is 6.83. The quantitative estimate of drug-likeness (QED) is 0.860. The van der Waals surface area contributed by atoms with Crippen molar-refractivity contribution in [3.63, 3.8) is 0 Å². The number of morpholine rings is 1. The molecule has 1 atom stereocenters. The lowest BCUT2D eigenvalue weighted by Gasteiger charge is -2.35. The minimum absolute atomic E-state index is 0.324. The molecule has 2 aliphatic heterocycles. The number of hydrogen-bond acceptors (Lipinski definition) is 5. The Kier molecular flexibility index (Phi) is 5.44. The number of anilines is 1. The first-order chi connectivity index (χ1) is 11.4. The molecule has 0 saturated carbocycles. The molecule has 1 aromatic carbocycles. The first kappa shape index (κ1) is 17.7. The van der Waals surface area contributed by atoms with Gasteiger partial charge in [0.25, 0.3) is 0 Å². The summed E-state index contributed by atoms with van der Waals surface area (Å²) in [6.45, 7) is 8.91. The summed E-state index contributed by atoms with van der Waals surface area (Å²) < 4.78 is 31.3. The van der Waals surface area contributed by atoms with E-state index in [-0.39, 0.29) is 0 Å². The number of hydrogen-bond donors (Lipinski definition) is 1. The second kappa shape index (κ2) is 7.39. The summed E-state index contributed by atoms with van der Waals surface area (Å²) in [7, 11) is -3.24. The number of ether oxygens (including phenoxy) is 1. The highest BCUT2D eigenvalue weighted by Gasteiger charge is 2.21. The molecule has 1 saturated heterocycles. The number of rotatable bonds is 5. The van der Waals surface area contributed by atoms with Gasteiger partial charge < -0.3 is 4.74 Å². The van der Waals surface area contributed by atoms with E-state index in [1.807, 2.05) is 12.1 Å². The molecule has 0 aromatic heterocycles.